The molecule has 0 aliphatic carbocycles. The lowest BCUT2D eigenvalue weighted by molar-refractivity contribution is 0.0747. The van der Waals surface area contributed by atoms with E-state index in [-0.39, 0.29) is 36.8 Å². The molecule has 1 N–H and O–H groups in total. The summed E-state index contributed by atoms with van der Waals surface area (Å²) >= 11 is 1.46. The summed E-state index contributed by atoms with van der Waals surface area (Å²) in [6, 6.07) is 8.12. The van der Waals surface area contributed by atoms with Gasteiger partial charge in [0.2, 0.25) is 0 Å². The summed E-state index contributed by atoms with van der Waals surface area (Å²) in [6.45, 7) is 6.36. The van der Waals surface area contributed by atoms with Gasteiger partial charge >= 0.3 is 0 Å². The molecule has 2 heterocycles. The first-order valence-electron chi connectivity index (χ1n) is 8.28. The number of likely N-dealkylation sites (N-methyl/N-ethyl adjacent to an activating group) is 1. The fourth-order valence-corrected chi connectivity index (χ4v) is 3.93. The van der Waals surface area contributed by atoms with Crippen molar-refractivity contribution in [1.29, 1.82) is 0 Å². The van der Waals surface area contributed by atoms with Crippen molar-refractivity contribution in [2.75, 3.05) is 26.7 Å². The lowest BCUT2D eigenvalue weighted by Gasteiger charge is -2.23. The maximum atomic E-state index is 12.8. The zero-order valence-electron chi connectivity index (χ0n) is 15.2. The van der Waals surface area contributed by atoms with E-state index < -0.39 is 0 Å². The van der Waals surface area contributed by atoms with Crippen LogP contribution in [0.3, 0.4) is 0 Å². The number of thiazole rings is 1. The normalized spacial score (nSPS) is 15.7. The van der Waals surface area contributed by atoms with Crippen LogP contribution in [0.5, 0.6) is 5.75 Å². The van der Waals surface area contributed by atoms with Crippen molar-refractivity contribution < 1.29 is 9.53 Å². The second-order valence-corrected chi connectivity index (χ2v) is 6.95. The molecule has 1 unspecified atom stereocenters. The molecule has 5 nitrogen and oxygen atoms in total. The molecule has 1 saturated heterocycles. The Morgan fingerprint density at radius 3 is 2.62 bits per heavy atom. The molecule has 0 radical (unpaired) electrons. The summed E-state index contributed by atoms with van der Waals surface area (Å²) in [5.41, 5.74) is 1.81. The van der Waals surface area contributed by atoms with Crippen molar-refractivity contribution >= 4 is 42.1 Å². The van der Waals surface area contributed by atoms with Crippen LogP contribution in [0.25, 0.3) is 10.6 Å². The minimum atomic E-state index is 0. The lowest BCUT2D eigenvalue weighted by Crippen LogP contribution is -2.38. The van der Waals surface area contributed by atoms with Crippen LogP contribution in [0, 0.1) is 6.92 Å². The highest BCUT2D eigenvalue weighted by molar-refractivity contribution is 7.17. The molecular weight excluding hydrogens is 393 g/mol. The smallest absolute Gasteiger partial charge is 0.265 e. The third-order valence-corrected chi connectivity index (χ3v) is 5.50. The first-order chi connectivity index (χ1) is 11.6. The van der Waals surface area contributed by atoms with E-state index in [0.717, 1.165) is 46.4 Å². The Morgan fingerprint density at radius 1 is 1.35 bits per heavy atom. The highest BCUT2D eigenvalue weighted by Crippen LogP contribution is 2.30. The molecule has 0 bridgehead atoms. The lowest BCUT2D eigenvalue weighted by atomic mass is 10.2. The van der Waals surface area contributed by atoms with Gasteiger partial charge in [-0.05, 0) is 51.1 Å². The number of halogens is 2. The van der Waals surface area contributed by atoms with Gasteiger partial charge in [-0.25, -0.2) is 4.98 Å². The van der Waals surface area contributed by atoms with Gasteiger partial charge in [0.05, 0.1) is 12.3 Å². The largest absolute Gasteiger partial charge is 0.494 e. The number of hydrogen-bond donors (Lipinski definition) is 1. The van der Waals surface area contributed by atoms with Crippen LogP contribution in [-0.4, -0.2) is 48.6 Å². The molecular formula is C18H25Cl2N3O2S. The summed E-state index contributed by atoms with van der Waals surface area (Å²) in [7, 11) is 1.88. The highest BCUT2D eigenvalue weighted by Gasteiger charge is 2.27. The van der Waals surface area contributed by atoms with Gasteiger partial charge in [-0.15, -0.1) is 36.2 Å². The Morgan fingerprint density at radius 2 is 2.04 bits per heavy atom. The van der Waals surface area contributed by atoms with E-state index in [1.54, 1.807) is 0 Å². The molecule has 144 valence electrons. The van der Waals surface area contributed by atoms with Crippen LogP contribution >= 0.6 is 36.2 Å². The number of benzene rings is 1. The number of aryl methyl sites for hydroxylation is 1. The van der Waals surface area contributed by atoms with Gasteiger partial charge in [0.15, 0.2) is 0 Å². The molecule has 8 heteroatoms. The Balaban J connectivity index is 0.00000169. The quantitative estimate of drug-likeness (QED) is 0.803. The Bertz CT molecular complexity index is 716. The maximum absolute atomic E-state index is 12.8. The Hall–Kier alpha value is -1.34. The molecule has 1 aliphatic heterocycles. The van der Waals surface area contributed by atoms with Gasteiger partial charge in [-0.2, -0.15) is 0 Å². The summed E-state index contributed by atoms with van der Waals surface area (Å²) in [6.07, 6.45) is 1.01. The average Bonchev–Trinajstić information content (AvgIpc) is 3.24. The number of hydrogen-bond acceptors (Lipinski definition) is 5. The highest BCUT2D eigenvalue weighted by atomic mass is 35.5. The van der Waals surface area contributed by atoms with Crippen molar-refractivity contribution in [2.24, 2.45) is 0 Å². The third kappa shape index (κ3) is 4.88. The number of rotatable bonds is 5. The van der Waals surface area contributed by atoms with Crippen molar-refractivity contribution in [3.8, 4) is 16.3 Å². The van der Waals surface area contributed by atoms with Crippen LogP contribution in [0.2, 0.25) is 0 Å². The van der Waals surface area contributed by atoms with Crippen LogP contribution in [0.4, 0.5) is 0 Å². The van der Waals surface area contributed by atoms with Crippen LogP contribution in [0.1, 0.15) is 28.7 Å². The third-order valence-electron chi connectivity index (χ3n) is 4.31. The van der Waals surface area contributed by atoms with E-state index in [9.17, 15) is 4.79 Å². The van der Waals surface area contributed by atoms with Crippen molar-refractivity contribution in [3.05, 3.63) is 34.8 Å². The van der Waals surface area contributed by atoms with Crippen LogP contribution in [-0.2, 0) is 0 Å². The first kappa shape index (κ1) is 22.7. The molecule has 1 aromatic carbocycles. The number of carbonyl (C=O) groups is 1. The molecule has 1 atom stereocenters. The van der Waals surface area contributed by atoms with Crippen LogP contribution < -0.4 is 10.1 Å². The molecule has 2 aromatic rings. The fourth-order valence-electron chi connectivity index (χ4n) is 2.87. The maximum Gasteiger partial charge on any atom is 0.265 e. The summed E-state index contributed by atoms with van der Waals surface area (Å²) < 4.78 is 5.47. The second kappa shape index (κ2) is 10.1. The molecule has 26 heavy (non-hydrogen) atoms. The van der Waals surface area contributed by atoms with Gasteiger partial charge in [0.25, 0.3) is 5.91 Å². The molecule has 0 saturated carbocycles. The fraction of sp³-hybridized carbons (Fsp3) is 0.444. The topological polar surface area (TPSA) is 54.5 Å². The van der Waals surface area contributed by atoms with Crippen molar-refractivity contribution in [1.82, 2.24) is 15.2 Å². The average molecular weight is 418 g/mol. The van der Waals surface area contributed by atoms with Gasteiger partial charge < -0.3 is 15.0 Å². The molecule has 1 amide bonds. The predicted octanol–water partition coefficient (Wildman–Crippen LogP) is 3.79. The molecule has 0 spiro atoms. The van der Waals surface area contributed by atoms with E-state index in [0.29, 0.717) is 6.61 Å². The molecule has 1 aliphatic rings. The summed E-state index contributed by atoms with van der Waals surface area (Å²) in [4.78, 5) is 20.0. The molecule has 1 aromatic heterocycles. The van der Waals surface area contributed by atoms with E-state index >= 15 is 0 Å². The van der Waals surface area contributed by atoms with E-state index in [1.807, 2.05) is 50.1 Å². The first-order valence-corrected chi connectivity index (χ1v) is 9.10. The minimum Gasteiger partial charge on any atom is -0.494 e. The summed E-state index contributed by atoms with van der Waals surface area (Å²) in [5, 5.41) is 4.17. The van der Waals surface area contributed by atoms with Gasteiger partial charge in [0, 0.05) is 25.2 Å². The number of amides is 1. The van der Waals surface area contributed by atoms with Gasteiger partial charge in [0.1, 0.15) is 15.6 Å². The number of carbonyl (C=O) groups excluding carboxylic acids is 1. The Kier molecular flexibility index (Phi) is 8.83. The number of nitrogens with one attached hydrogen (secondary N) is 1. The number of ether oxygens (including phenoxy) is 1. The molecule has 1 fully saturated rings. The zero-order chi connectivity index (χ0) is 17.1. The van der Waals surface area contributed by atoms with Crippen molar-refractivity contribution in [3.63, 3.8) is 0 Å². The monoisotopic (exact) mass is 417 g/mol. The molecule has 3 rings (SSSR count). The van der Waals surface area contributed by atoms with E-state index in [2.05, 4.69) is 10.3 Å². The Labute approximate surface area is 171 Å². The van der Waals surface area contributed by atoms with E-state index in [1.165, 1.54) is 11.3 Å². The minimum absolute atomic E-state index is 0. The van der Waals surface area contributed by atoms with Crippen molar-refractivity contribution in [2.45, 2.75) is 26.3 Å². The summed E-state index contributed by atoms with van der Waals surface area (Å²) in [5.74, 6) is 0.912. The van der Waals surface area contributed by atoms with Gasteiger partial charge in [-0.3, -0.25) is 4.79 Å². The van der Waals surface area contributed by atoms with Crippen LogP contribution in [0.15, 0.2) is 24.3 Å². The number of aromatic nitrogens is 1. The standard InChI is InChI=1S/C18H23N3O2S.2ClH/c1-4-23-15-7-5-13(6-8-15)17-20-12(2)16(24-17)18(22)21(3)14-9-10-19-11-14;;/h5-8,14,19H,4,9-11H2,1-3H3;2*1H. The second-order valence-electron chi connectivity index (χ2n) is 5.95. The van der Waals surface area contributed by atoms with Gasteiger partial charge in [-0.1, -0.05) is 0 Å². The number of nitrogens with zero attached hydrogens (tertiary/aromatic N) is 2. The zero-order valence-corrected chi connectivity index (χ0v) is 17.6. The van der Waals surface area contributed by atoms with E-state index in [4.69, 9.17) is 4.74 Å². The predicted molar refractivity (Wildman–Crippen MR) is 111 cm³/mol. The SMILES string of the molecule is CCOc1ccc(-c2nc(C)c(C(=O)N(C)C3CCNC3)s2)cc1.Cl.Cl.